The Balaban J connectivity index is 0. The second-order valence-electron chi connectivity index (χ2n) is 2.81. The van der Waals surface area contributed by atoms with Crippen molar-refractivity contribution in [1.29, 1.82) is 0 Å². The van der Waals surface area contributed by atoms with Gasteiger partial charge in [-0.15, -0.1) is 0 Å². The Morgan fingerprint density at radius 3 is 0.944 bits per heavy atom. The molecule has 0 aliphatic rings. The topological polar surface area (TPSA) is 0 Å². The number of rotatable bonds is 0. The Kier molecular flexibility index (Phi) is 15.0. The van der Waals surface area contributed by atoms with E-state index in [2.05, 4.69) is 63.7 Å². The fourth-order valence-corrected chi connectivity index (χ4v) is 2.77. The Bertz CT molecular complexity index is 396. The fraction of sp³-hybridized carbons (Fsp3) is 0. The number of benzene rings is 2. The monoisotopic (exact) mass is 672 g/mol. The average Bonchev–Trinajstić information content (AvgIpc) is 2.35. The summed E-state index contributed by atoms with van der Waals surface area (Å²) in [5, 5.41) is 0. The predicted octanol–water partition coefficient (Wildman–Crippen LogP) is 6.42. The van der Waals surface area contributed by atoms with Crippen LogP contribution in [-0.4, -0.2) is 0 Å². The summed E-state index contributed by atoms with van der Waals surface area (Å²) >= 11 is 13.6. The number of hydrogen-bond donors (Lipinski definition) is 0. The van der Waals surface area contributed by atoms with Gasteiger partial charge in [0.2, 0.25) is 0 Å². The molecule has 2 rings (SSSR count). The van der Waals surface area contributed by atoms with Crippen molar-refractivity contribution in [3.8, 4) is 0 Å². The van der Waals surface area contributed by atoms with Gasteiger partial charge in [0.1, 0.15) is 0 Å². The van der Waals surface area contributed by atoms with Gasteiger partial charge in [0, 0.05) is 56.8 Å². The number of halogens is 4. The van der Waals surface area contributed by atoms with Crippen LogP contribution in [0.3, 0.4) is 0 Å². The van der Waals surface area contributed by atoms with Crippen LogP contribution in [0, 0.1) is 0 Å². The minimum Gasteiger partial charge on any atom is -0.0623 e. The van der Waals surface area contributed by atoms with Gasteiger partial charge in [-0.1, -0.05) is 36.4 Å². The third-order valence-corrected chi connectivity index (χ3v) is 6.22. The van der Waals surface area contributed by atoms with Crippen molar-refractivity contribution in [2.45, 2.75) is 0 Å². The summed E-state index contributed by atoms with van der Waals surface area (Å²) in [6.45, 7) is 0. The van der Waals surface area contributed by atoms with Gasteiger partial charge in [-0.2, -0.15) is 0 Å². The molecule has 0 fully saturated rings. The van der Waals surface area contributed by atoms with Gasteiger partial charge < -0.3 is 0 Å². The van der Waals surface area contributed by atoms with E-state index in [1.165, 1.54) is 0 Å². The Morgan fingerprint density at radius 1 is 0.500 bits per heavy atom. The molecule has 0 nitrogen and oxygen atoms in total. The zero-order valence-corrected chi connectivity index (χ0v) is 18.7. The summed E-state index contributed by atoms with van der Waals surface area (Å²) < 4.78 is 4.15. The maximum absolute atomic E-state index is 3.41. The second-order valence-corrected chi connectivity index (χ2v) is 6.11. The van der Waals surface area contributed by atoms with Crippen LogP contribution >= 0.6 is 63.7 Å². The van der Waals surface area contributed by atoms with Gasteiger partial charge >= 0.3 is 0 Å². The largest absolute Gasteiger partial charge is 0.0623 e. The predicted molar refractivity (Wildman–Crippen MR) is 83.7 cm³/mol. The molecular weight excluding hydrogens is 666 g/mol. The standard InChI is InChI=1S/C6H2Br4.C6H6.2Ru/c7-3-1-2-4(8)6(10)5(3)9;1-2-4-6-5-3-1;;/h1-2H;1-6H;;. The minimum atomic E-state index is 0. The first kappa shape index (κ1) is 21.9. The SMILES string of the molecule is Brc1ccc(Br)c(Br)c1Br.[Ru].[Ru].c1ccccc1. The van der Waals surface area contributed by atoms with E-state index in [9.17, 15) is 0 Å². The van der Waals surface area contributed by atoms with Crippen molar-refractivity contribution in [2.24, 2.45) is 0 Å². The molecule has 2 aromatic rings. The van der Waals surface area contributed by atoms with E-state index in [1.807, 2.05) is 48.5 Å². The summed E-state index contributed by atoms with van der Waals surface area (Å²) in [7, 11) is 0. The summed E-state index contributed by atoms with van der Waals surface area (Å²) in [5.41, 5.74) is 0. The van der Waals surface area contributed by atoms with Crippen LogP contribution in [0.5, 0.6) is 0 Å². The van der Waals surface area contributed by atoms with E-state index in [1.54, 1.807) is 0 Å². The van der Waals surface area contributed by atoms with Crippen molar-refractivity contribution in [3.05, 3.63) is 66.4 Å². The molecule has 0 aliphatic heterocycles. The van der Waals surface area contributed by atoms with Gasteiger partial charge in [0.25, 0.3) is 0 Å². The van der Waals surface area contributed by atoms with Gasteiger partial charge in [-0.05, 0) is 75.9 Å². The average molecular weight is 674 g/mol. The van der Waals surface area contributed by atoms with E-state index < -0.39 is 0 Å². The molecule has 0 amide bonds. The third-order valence-electron chi connectivity index (χ3n) is 1.65. The Labute approximate surface area is 167 Å². The molecule has 6 heteroatoms. The van der Waals surface area contributed by atoms with Crippen LogP contribution in [0.2, 0.25) is 0 Å². The van der Waals surface area contributed by atoms with Crippen LogP contribution in [0.15, 0.2) is 66.4 Å². The van der Waals surface area contributed by atoms with Crippen molar-refractivity contribution in [3.63, 3.8) is 0 Å². The molecule has 0 aromatic heterocycles. The molecule has 0 aliphatic carbocycles. The zero-order chi connectivity index (χ0) is 12.0. The first-order chi connectivity index (χ1) is 7.63. The summed E-state index contributed by atoms with van der Waals surface area (Å²) in [4.78, 5) is 0. The van der Waals surface area contributed by atoms with E-state index in [0.29, 0.717) is 0 Å². The van der Waals surface area contributed by atoms with Crippen LogP contribution in [0.25, 0.3) is 0 Å². The van der Waals surface area contributed by atoms with E-state index in [-0.39, 0.29) is 39.0 Å². The maximum Gasteiger partial charge on any atom is 0.0471 e. The quantitative estimate of drug-likeness (QED) is 0.172. The second kappa shape index (κ2) is 12.4. The molecule has 0 radical (unpaired) electrons. The summed E-state index contributed by atoms with van der Waals surface area (Å²) in [6, 6.07) is 15.9. The number of hydrogen-bond acceptors (Lipinski definition) is 0. The third kappa shape index (κ3) is 8.02. The van der Waals surface area contributed by atoms with Gasteiger partial charge in [-0.25, -0.2) is 0 Å². The maximum atomic E-state index is 3.41. The molecule has 0 bridgehead atoms. The van der Waals surface area contributed by atoms with Crippen LogP contribution in [0.4, 0.5) is 0 Å². The molecule has 18 heavy (non-hydrogen) atoms. The van der Waals surface area contributed by atoms with E-state index in [4.69, 9.17) is 0 Å². The molecule has 100 valence electrons. The molecule has 0 N–H and O–H groups in total. The Hall–Kier alpha value is 1.61. The smallest absolute Gasteiger partial charge is 0.0471 e. The molecular formula is C12H8Br4Ru2. The first-order valence-corrected chi connectivity index (χ1v) is 7.59. The molecule has 0 unspecified atom stereocenters. The van der Waals surface area contributed by atoms with Gasteiger partial charge in [-0.3, -0.25) is 0 Å². The Morgan fingerprint density at radius 2 is 0.722 bits per heavy atom. The van der Waals surface area contributed by atoms with Crippen molar-refractivity contribution < 1.29 is 39.0 Å². The molecule has 0 spiro atoms. The molecule has 0 saturated carbocycles. The molecule has 0 heterocycles. The fourth-order valence-electron chi connectivity index (χ4n) is 0.887. The first-order valence-electron chi connectivity index (χ1n) is 4.42. The van der Waals surface area contributed by atoms with E-state index >= 15 is 0 Å². The molecule has 0 atom stereocenters. The minimum absolute atomic E-state index is 0. The molecule has 2 aromatic carbocycles. The van der Waals surface area contributed by atoms with Crippen molar-refractivity contribution >= 4 is 63.7 Å². The summed E-state index contributed by atoms with van der Waals surface area (Å²) in [6.07, 6.45) is 0. The van der Waals surface area contributed by atoms with Gasteiger partial charge in [0.15, 0.2) is 0 Å². The summed E-state index contributed by atoms with van der Waals surface area (Å²) in [5.74, 6) is 0. The van der Waals surface area contributed by atoms with Gasteiger partial charge in [0.05, 0.1) is 0 Å². The zero-order valence-electron chi connectivity index (χ0n) is 8.84. The molecule has 0 saturated heterocycles. The van der Waals surface area contributed by atoms with E-state index in [0.717, 1.165) is 17.9 Å². The van der Waals surface area contributed by atoms with Crippen LogP contribution in [-0.2, 0) is 39.0 Å². The van der Waals surface area contributed by atoms with Crippen LogP contribution < -0.4 is 0 Å². The normalized spacial score (nSPS) is 8.22. The van der Waals surface area contributed by atoms with Crippen LogP contribution in [0.1, 0.15) is 0 Å². The van der Waals surface area contributed by atoms with Crippen molar-refractivity contribution in [1.82, 2.24) is 0 Å². The van der Waals surface area contributed by atoms with Crippen molar-refractivity contribution in [2.75, 3.05) is 0 Å².